The molecular formula is C21H18F5NO4. The van der Waals surface area contributed by atoms with Crippen molar-refractivity contribution in [3.05, 3.63) is 70.5 Å². The maximum Gasteiger partial charge on any atom is 0.322 e. The van der Waals surface area contributed by atoms with E-state index in [2.05, 4.69) is 9.73 Å². The maximum atomic E-state index is 14.0. The second-order valence-corrected chi connectivity index (χ2v) is 6.36. The van der Waals surface area contributed by atoms with Crippen molar-refractivity contribution in [3.8, 4) is 0 Å². The first kappa shape index (κ1) is 24.1. The molecular weight excluding hydrogens is 425 g/mol. The van der Waals surface area contributed by atoms with Gasteiger partial charge in [0.05, 0.1) is 24.8 Å². The molecule has 0 aliphatic rings. The topological polar surface area (TPSA) is 76.0 Å². The van der Waals surface area contributed by atoms with Gasteiger partial charge < -0.3 is 9.84 Å². The van der Waals surface area contributed by atoms with Crippen LogP contribution in [0.1, 0.15) is 22.8 Å². The van der Waals surface area contributed by atoms with Crippen molar-refractivity contribution in [3.63, 3.8) is 0 Å². The van der Waals surface area contributed by atoms with E-state index in [1.165, 1.54) is 6.92 Å². The number of hydrogen-bond donors (Lipinski definition) is 1. The van der Waals surface area contributed by atoms with Crippen LogP contribution in [0.25, 0.3) is 0 Å². The van der Waals surface area contributed by atoms with Crippen molar-refractivity contribution < 1.29 is 41.4 Å². The normalized spacial score (nSPS) is 13.3. The molecule has 5 nitrogen and oxygen atoms in total. The van der Waals surface area contributed by atoms with Crippen molar-refractivity contribution in [2.75, 3.05) is 13.2 Å². The number of hydrogen-bond acceptors (Lipinski definition) is 5. The fraction of sp³-hybridized carbons (Fsp3) is 0.286. The summed E-state index contributed by atoms with van der Waals surface area (Å²) in [5.74, 6) is -16.9. The van der Waals surface area contributed by atoms with Gasteiger partial charge in [-0.15, -0.1) is 0 Å². The number of Topliss-reactive ketones (excluding diaryl/α,β-unsaturated/α-hetero) is 1. The summed E-state index contributed by atoms with van der Waals surface area (Å²) in [5, 5.41) is 9.51. The van der Waals surface area contributed by atoms with Crippen LogP contribution in [0.2, 0.25) is 0 Å². The lowest BCUT2D eigenvalue weighted by Crippen LogP contribution is -2.31. The molecule has 0 amide bonds. The summed E-state index contributed by atoms with van der Waals surface area (Å²) in [4.78, 5) is 28.7. The SMILES string of the molecule is CCOC(=O)C(C=NC(CO)Cc1ccccc1)C(=O)c1c(F)c(F)c(F)c(F)c1F. The van der Waals surface area contributed by atoms with Gasteiger partial charge in [-0.2, -0.15) is 0 Å². The van der Waals surface area contributed by atoms with E-state index in [0.717, 1.165) is 5.56 Å². The molecule has 2 atom stereocenters. The Balaban J connectivity index is 2.42. The largest absolute Gasteiger partial charge is 0.465 e. The molecule has 0 spiro atoms. The monoisotopic (exact) mass is 443 g/mol. The number of benzene rings is 2. The standard InChI is InChI=1S/C21H18F5NO4/c1-2-31-21(30)13(9-27-12(10-28)8-11-6-4-3-5-7-11)20(29)14-15(22)17(24)19(26)18(25)16(14)23/h3-7,9,12-13,28H,2,8,10H2,1H3. The summed E-state index contributed by atoms with van der Waals surface area (Å²) in [6.45, 7) is 0.666. The zero-order valence-electron chi connectivity index (χ0n) is 16.2. The quantitative estimate of drug-likeness (QED) is 0.123. The Labute approximate surface area is 174 Å². The summed E-state index contributed by atoms with van der Waals surface area (Å²) in [7, 11) is 0. The van der Waals surface area contributed by atoms with Gasteiger partial charge in [-0.3, -0.25) is 14.6 Å². The molecule has 0 aromatic heterocycles. The van der Waals surface area contributed by atoms with E-state index in [-0.39, 0.29) is 13.0 Å². The first-order valence-corrected chi connectivity index (χ1v) is 9.13. The molecule has 166 valence electrons. The molecule has 0 heterocycles. The van der Waals surface area contributed by atoms with Gasteiger partial charge in [-0.25, -0.2) is 22.0 Å². The zero-order valence-corrected chi connectivity index (χ0v) is 16.2. The van der Waals surface area contributed by atoms with E-state index >= 15 is 0 Å². The number of aliphatic hydroxyl groups is 1. The minimum absolute atomic E-state index is 0.195. The molecule has 0 bridgehead atoms. The van der Waals surface area contributed by atoms with E-state index in [0.29, 0.717) is 6.21 Å². The van der Waals surface area contributed by atoms with Crippen LogP contribution in [0.4, 0.5) is 22.0 Å². The van der Waals surface area contributed by atoms with Crippen LogP contribution in [-0.4, -0.2) is 42.3 Å². The Morgan fingerprint density at radius 3 is 2.06 bits per heavy atom. The van der Waals surface area contributed by atoms with E-state index in [1.54, 1.807) is 30.3 Å². The first-order valence-electron chi connectivity index (χ1n) is 9.13. The minimum atomic E-state index is -2.43. The summed E-state index contributed by atoms with van der Waals surface area (Å²) in [6.07, 6.45) is 0.877. The minimum Gasteiger partial charge on any atom is -0.465 e. The lowest BCUT2D eigenvalue weighted by molar-refractivity contribution is -0.144. The highest BCUT2D eigenvalue weighted by Crippen LogP contribution is 2.25. The average molecular weight is 443 g/mol. The summed E-state index contributed by atoms with van der Waals surface area (Å²) in [5.41, 5.74) is -1.01. The van der Waals surface area contributed by atoms with Gasteiger partial charge in [0.1, 0.15) is 0 Å². The van der Waals surface area contributed by atoms with Crippen LogP contribution in [0.5, 0.6) is 0 Å². The Bertz CT molecular complexity index is 952. The predicted octanol–water partition coefficient (Wildman–Crippen LogP) is 3.42. The number of nitrogens with zero attached hydrogens (tertiary/aromatic N) is 1. The molecule has 0 fully saturated rings. The summed E-state index contributed by atoms with van der Waals surface area (Å²) >= 11 is 0. The zero-order chi connectivity index (χ0) is 23.1. The van der Waals surface area contributed by atoms with E-state index < -0.39 is 65.0 Å². The third-order valence-corrected chi connectivity index (χ3v) is 4.25. The van der Waals surface area contributed by atoms with Gasteiger partial charge in [0.25, 0.3) is 0 Å². The molecule has 2 aromatic rings. The molecule has 0 aliphatic heterocycles. The van der Waals surface area contributed by atoms with E-state index in [1.807, 2.05) is 0 Å². The Hall–Kier alpha value is -3.14. The first-order chi connectivity index (χ1) is 14.7. The lowest BCUT2D eigenvalue weighted by atomic mass is 9.96. The third-order valence-electron chi connectivity index (χ3n) is 4.25. The average Bonchev–Trinajstić information content (AvgIpc) is 2.76. The number of aliphatic hydroxyl groups excluding tert-OH is 1. The Morgan fingerprint density at radius 1 is 1.00 bits per heavy atom. The molecule has 2 unspecified atom stereocenters. The highest BCUT2D eigenvalue weighted by Gasteiger charge is 2.36. The van der Waals surface area contributed by atoms with E-state index in [9.17, 15) is 36.6 Å². The van der Waals surface area contributed by atoms with Gasteiger partial charge in [0.2, 0.25) is 5.82 Å². The van der Waals surface area contributed by atoms with Crippen molar-refractivity contribution in [1.29, 1.82) is 0 Å². The lowest BCUT2D eigenvalue weighted by Gasteiger charge is -2.14. The van der Waals surface area contributed by atoms with Crippen molar-refractivity contribution >= 4 is 18.0 Å². The Morgan fingerprint density at radius 2 is 1.55 bits per heavy atom. The van der Waals surface area contributed by atoms with E-state index in [4.69, 9.17) is 0 Å². The summed E-state index contributed by atoms with van der Waals surface area (Å²) < 4.78 is 73.0. The molecule has 31 heavy (non-hydrogen) atoms. The van der Waals surface area contributed by atoms with Crippen LogP contribution in [0, 0.1) is 35.0 Å². The highest BCUT2D eigenvalue weighted by atomic mass is 19.2. The Kier molecular flexibility index (Phi) is 8.38. The van der Waals surface area contributed by atoms with Gasteiger partial charge in [0.15, 0.2) is 35.0 Å². The van der Waals surface area contributed by atoms with Crippen LogP contribution in [0.15, 0.2) is 35.3 Å². The molecule has 0 saturated carbocycles. The molecule has 10 heteroatoms. The fourth-order valence-corrected chi connectivity index (χ4v) is 2.70. The number of ketones is 1. The van der Waals surface area contributed by atoms with Gasteiger partial charge in [-0.05, 0) is 18.9 Å². The van der Waals surface area contributed by atoms with Gasteiger partial charge in [0, 0.05) is 6.21 Å². The number of halogens is 5. The number of rotatable bonds is 9. The smallest absolute Gasteiger partial charge is 0.322 e. The number of carbonyl (C=O) groups is 2. The number of aliphatic imine (C=N–C) groups is 1. The van der Waals surface area contributed by atoms with Gasteiger partial charge in [-0.1, -0.05) is 30.3 Å². The van der Waals surface area contributed by atoms with Crippen LogP contribution >= 0.6 is 0 Å². The number of carbonyl (C=O) groups excluding carboxylic acids is 2. The molecule has 2 rings (SSSR count). The van der Waals surface area contributed by atoms with Crippen molar-refractivity contribution in [2.24, 2.45) is 10.9 Å². The molecule has 1 N–H and O–H groups in total. The number of ether oxygens (including phenoxy) is 1. The fourth-order valence-electron chi connectivity index (χ4n) is 2.70. The number of esters is 1. The molecule has 2 aromatic carbocycles. The summed E-state index contributed by atoms with van der Waals surface area (Å²) in [6, 6.07) is 7.87. The second kappa shape index (κ2) is 10.8. The van der Waals surface area contributed by atoms with Crippen molar-refractivity contribution in [1.82, 2.24) is 0 Å². The molecule has 0 saturated heterocycles. The third kappa shape index (κ3) is 5.52. The van der Waals surface area contributed by atoms with Crippen molar-refractivity contribution in [2.45, 2.75) is 19.4 Å². The van der Waals surface area contributed by atoms with Crippen LogP contribution in [-0.2, 0) is 16.0 Å². The predicted molar refractivity (Wildman–Crippen MR) is 100 cm³/mol. The van der Waals surface area contributed by atoms with Crippen LogP contribution < -0.4 is 0 Å². The van der Waals surface area contributed by atoms with Crippen LogP contribution in [0.3, 0.4) is 0 Å². The maximum absolute atomic E-state index is 14.0. The second-order valence-electron chi connectivity index (χ2n) is 6.36. The highest BCUT2D eigenvalue weighted by molar-refractivity contribution is 6.18. The van der Waals surface area contributed by atoms with Gasteiger partial charge >= 0.3 is 5.97 Å². The molecule has 0 radical (unpaired) electrons. The molecule has 0 aliphatic carbocycles.